The molecule has 0 spiro atoms. The van der Waals surface area contributed by atoms with E-state index in [2.05, 4.69) is 67.1 Å². The van der Waals surface area contributed by atoms with E-state index in [1.54, 1.807) is 6.20 Å². The molecular weight excluding hydrogens is 342 g/mol. The molecule has 1 atom stereocenters. The Bertz CT molecular complexity index is 585. The molecule has 7 nitrogen and oxygen atoms in total. The lowest BCUT2D eigenvalue weighted by Gasteiger charge is -2.37. The second kappa shape index (κ2) is 10.1. The summed E-state index contributed by atoms with van der Waals surface area (Å²) in [6.45, 7) is 18.7. The van der Waals surface area contributed by atoms with Crippen LogP contribution in [-0.4, -0.2) is 61.3 Å². The van der Waals surface area contributed by atoms with Gasteiger partial charge in [-0.15, -0.1) is 0 Å². The van der Waals surface area contributed by atoms with Gasteiger partial charge in [0.2, 0.25) is 5.89 Å². The van der Waals surface area contributed by atoms with Gasteiger partial charge in [-0.1, -0.05) is 34.6 Å². The Morgan fingerprint density at radius 3 is 2.52 bits per heavy atom. The molecule has 154 valence electrons. The van der Waals surface area contributed by atoms with Gasteiger partial charge in [0, 0.05) is 37.6 Å². The minimum Gasteiger partial charge on any atom is -0.443 e. The Morgan fingerprint density at radius 2 is 1.96 bits per heavy atom. The van der Waals surface area contributed by atoms with E-state index >= 15 is 0 Å². The van der Waals surface area contributed by atoms with Crippen LogP contribution < -0.4 is 10.6 Å². The predicted molar refractivity (Wildman–Crippen MR) is 109 cm³/mol. The first-order valence-corrected chi connectivity index (χ1v) is 10.1. The third-order valence-corrected chi connectivity index (χ3v) is 4.77. The lowest BCUT2D eigenvalue weighted by molar-refractivity contribution is 0.00752. The summed E-state index contributed by atoms with van der Waals surface area (Å²) in [5.41, 5.74) is -0.0413. The molecule has 0 radical (unpaired) electrons. The third-order valence-electron chi connectivity index (χ3n) is 4.77. The molecule has 0 bridgehead atoms. The molecule has 2 N–H and O–H groups in total. The van der Waals surface area contributed by atoms with E-state index in [0.717, 1.165) is 51.1 Å². The van der Waals surface area contributed by atoms with Crippen molar-refractivity contribution in [2.45, 2.75) is 59.5 Å². The van der Waals surface area contributed by atoms with Gasteiger partial charge in [-0.25, -0.2) is 9.98 Å². The Labute approximate surface area is 164 Å². The normalized spacial score (nSPS) is 18.0. The number of oxazole rings is 1. The SMILES string of the molecule is CCNC(=NCc1ncc(C(C)(C)C)o1)NCC(C(C)C)N1CCOCC1. The van der Waals surface area contributed by atoms with Crippen molar-refractivity contribution in [3.63, 3.8) is 0 Å². The molecule has 0 amide bonds. The molecule has 1 fully saturated rings. The molecule has 0 aromatic carbocycles. The minimum absolute atomic E-state index is 0.0413. The molecular formula is C20H37N5O2. The number of guanidine groups is 1. The number of rotatable bonds is 7. The van der Waals surface area contributed by atoms with Crippen LogP contribution in [0.3, 0.4) is 0 Å². The summed E-state index contributed by atoms with van der Waals surface area (Å²) in [6, 6.07) is 0.451. The highest BCUT2D eigenvalue weighted by atomic mass is 16.5. The Hall–Kier alpha value is -1.60. The quantitative estimate of drug-likeness (QED) is 0.560. The smallest absolute Gasteiger partial charge is 0.216 e. The van der Waals surface area contributed by atoms with E-state index < -0.39 is 0 Å². The van der Waals surface area contributed by atoms with Crippen LogP contribution in [0.5, 0.6) is 0 Å². The molecule has 1 aromatic heterocycles. The van der Waals surface area contributed by atoms with Crippen molar-refractivity contribution in [1.29, 1.82) is 0 Å². The van der Waals surface area contributed by atoms with Crippen LogP contribution in [0.1, 0.15) is 53.2 Å². The predicted octanol–water partition coefficient (Wildman–Crippen LogP) is 2.38. The third kappa shape index (κ3) is 6.81. The summed E-state index contributed by atoms with van der Waals surface area (Å²) < 4.78 is 11.3. The van der Waals surface area contributed by atoms with Crippen LogP contribution in [-0.2, 0) is 16.7 Å². The highest BCUT2D eigenvalue weighted by molar-refractivity contribution is 5.79. The van der Waals surface area contributed by atoms with Crippen molar-refractivity contribution in [3.8, 4) is 0 Å². The molecule has 1 aliphatic heterocycles. The summed E-state index contributed by atoms with van der Waals surface area (Å²) in [6.07, 6.45) is 1.80. The van der Waals surface area contributed by atoms with Crippen molar-refractivity contribution in [2.75, 3.05) is 39.4 Å². The highest BCUT2D eigenvalue weighted by Crippen LogP contribution is 2.22. The maximum atomic E-state index is 5.84. The van der Waals surface area contributed by atoms with Gasteiger partial charge in [-0.05, 0) is 12.8 Å². The van der Waals surface area contributed by atoms with Crippen LogP contribution >= 0.6 is 0 Å². The maximum Gasteiger partial charge on any atom is 0.216 e. The fourth-order valence-electron chi connectivity index (χ4n) is 3.12. The molecule has 1 aromatic rings. The van der Waals surface area contributed by atoms with Gasteiger partial charge >= 0.3 is 0 Å². The lowest BCUT2D eigenvalue weighted by atomic mass is 9.94. The Balaban J connectivity index is 1.96. The van der Waals surface area contributed by atoms with Gasteiger partial charge in [0.25, 0.3) is 0 Å². The summed E-state index contributed by atoms with van der Waals surface area (Å²) in [5, 5.41) is 6.81. The van der Waals surface area contributed by atoms with E-state index in [-0.39, 0.29) is 5.41 Å². The molecule has 1 saturated heterocycles. The molecule has 2 rings (SSSR count). The number of ether oxygens (including phenoxy) is 1. The zero-order chi connectivity index (χ0) is 19.9. The lowest BCUT2D eigenvalue weighted by Crippen LogP contribution is -2.52. The Morgan fingerprint density at radius 1 is 1.26 bits per heavy atom. The average molecular weight is 380 g/mol. The zero-order valence-electron chi connectivity index (χ0n) is 17.8. The first-order chi connectivity index (χ1) is 12.8. The number of hydrogen-bond donors (Lipinski definition) is 2. The topological polar surface area (TPSA) is 74.9 Å². The zero-order valence-corrected chi connectivity index (χ0v) is 17.8. The summed E-state index contributed by atoms with van der Waals surface area (Å²) in [5.74, 6) is 2.88. The van der Waals surface area contributed by atoms with E-state index in [1.165, 1.54) is 0 Å². The van der Waals surface area contributed by atoms with Gasteiger partial charge in [-0.3, -0.25) is 4.90 Å². The number of morpholine rings is 1. The van der Waals surface area contributed by atoms with E-state index in [0.29, 0.717) is 24.4 Å². The van der Waals surface area contributed by atoms with Gasteiger partial charge in [0.15, 0.2) is 5.96 Å². The van der Waals surface area contributed by atoms with Crippen molar-refractivity contribution in [3.05, 3.63) is 17.8 Å². The number of hydrogen-bond acceptors (Lipinski definition) is 5. The molecule has 1 unspecified atom stereocenters. The van der Waals surface area contributed by atoms with Crippen molar-refractivity contribution in [1.82, 2.24) is 20.5 Å². The number of aromatic nitrogens is 1. The molecule has 2 heterocycles. The second-order valence-electron chi connectivity index (χ2n) is 8.40. The highest BCUT2D eigenvalue weighted by Gasteiger charge is 2.24. The van der Waals surface area contributed by atoms with E-state index in [4.69, 9.17) is 9.15 Å². The van der Waals surface area contributed by atoms with Crippen molar-refractivity contribution >= 4 is 5.96 Å². The standard InChI is InChI=1S/C20H37N5O2/c1-7-21-19(24-14-18-22-13-17(27-18)20(4,5)6)23-12-16(15(2)3)25-8-10-26-11-9-25/h13,15-16H,7-12,14H2,1-6H3,(H2,21,23,24). The number of nitrogens with one attached hydrogen (secondary N) is 2. The molecule has 7 heteroatoms. The summed E-state index contributed by atoms with van der Waals surface area (Å²) in [4.78, 5) is 11.5. The van der Waals surface area contributed by atoms with Crippen LogP contribution in [0.2, 0.25) is 0 Å². The monoisotopic (exact) mass is 379 g/mol. The van der Waals surface area contributed by atoms with Gasteiger partial charge in [-0.2, -0.15) is 0 Å². The summed E-state index contributed by atoms with van der Waals surface area (Å²) in [7, 11) is 0. The first kappa shape index (κ1) is 21.7. The minimum atomic E-state index is -0.0413. The number of aliphatic imine (C=N–C) groups is 1. The molecule has 0 saturated carbocycles. The van der Waals surface area contributed by atoms with Crippen molar-refractivity contribution in [2.24, 2.45) is 10.9 Å². The molecule has 1 aliphatic rings. The van der Waals surface area contributed by atoms with Crippen LogP contribution in [0.25, 0.3) is 0 Å². The fourth-order valence-corrected chi connectivity index (χ4v) is 3.12. The van der Waals surface area contributed by atoms with Gasteiger partial charge < -0.3 is 19.8 Å². The van der Waals surface area contributed by atoms with Crippen molar-refractivity contribution < 1.29 is 9.15 Å². The first-order valence-electron chi connectivity index (χ1n) is 10.1. The van der Waals surface area contributed by atoms with E-state index in [1.807, 2.05) is 0 Å². The summed E-state index contributed by atoms with van der Waals surface area (Å²) >= 11 is 0. The van der Waals surface area contributed by atoms with Crippen LogP contribution in [0, 0.1) is 5.92 Å². The van der Waals surface area contributed by atoms with Crippen LogP contribution in [0.15, 0.2) is 15.6 Å². The average Bonchev–Trinajstić information content (AvgIpc) is 3.10. The van der Waals surface area contributed by atoms with Gasteiger partial charge in [0.1, 0.15) is 12.3 Å². The fraction of sp³-hybridized carbons (Fsp3) is 0.800. The Kier molecular flexibility index (Phi) is 8.10. The van der Waals surface area contributed by atoms with Gasteiger partial charge in [0.05, 0.1) is 19.4 Å². The van der Waals surface area contributed by atoms with Crippen LogP contribution in [0.4, 0.5) is 0 Å². The molecule has 0 aliphatic carbocycles. The maximum absolute atomic E-state index is 5.84. The second-order valence-corrected chi connectivity index (χ2v) is 8.40. The largest absolute Gasteiger partial charge is 0.443 e. The molecule has 27 heavy (non-hydrogen) atoms. The van der Waals surface area contributed by atoms with E-state index in [9.17, 15) is 0 Å². The number of nitrogens with zero attached hydrogens (tertiary/aromatic N) is 3.